The van der Waals surface area contributed by atoms with Crippen LogP contribution in [0.1, 0.15) is 77.5 Å². The van der Waals surface area contributed by atoms with Crippen molar-refractivity contribution in [2.45, 2.75) is 96.7 Å². The van der Waals surface area contributed by atoms with E-state index < -0.39 is 0 Å². The van der Waals surface area contributed by atoms with E-state index in [1.165, 1.54) is 57.8 Å². The molecular weight excluding hydrogens is 324 g/mol. The van der Waals surface area contributed by atoms with Gasteiger partial charge in [0.2, 0.25) is 0 Å². The molecule has 0 bridgehead atoms. The van der Waals surface area contributed by atoms with Gasteiger partial charge in [-0.25, -0.2) is 0 Å². The second-order valence-corrected chi connectivity index (χ2v) is 8.02. The van der Waals surface area contributed by atoms with E-state index >= 15 is 0 Å². The van der Waals surface area contributed by atoms with Gasteiger partial charge in [0, 0.05) is 25.0 Å². The standard InChI is InChI=1S/C20H36N6/c1-3-19-25-22-15-26(19)14-13-21-20(23-17-10-5-4-6-11-17)24-18-12-8-7-9-16(18)2/h15-18H,3-14H2,1-2H3,(H2,21,23,24). The summed E-state index contributed by atoms with van der Waals surface area (Å²) in [5.41, 5.74) is 0. The highest BCUT2D eigenvalue weighted by Crippen LogP contribution is 2.24. The van der Waals surface area contributed by atoms with Crippen LogP contribution in [0.5, 0.6) is 0 Å². The van der Waals surface area contributed by atoms with Gasteiger partial charge in [0.05, 0.1) is 6.54 Å². The summed E-state index contributed by atoms with van der Waals surface area (Å²) in [5.74, 6) is 2.78. The maximum atomic E-state index is 4.91. The van der Waals surface area contributed by atoms with Gasteiger partial charge in [0.1, 0.15) is 12.2 Å². The fraction of sp³-hybridized carbons (Fsp3) is 0.850. The molecule has 0 saturated heterocycles. The molecule has 146 valence electrons. The van der Waals surface area contributed by atoms with Crippen molar-refractivity contribution in [3.63, 3.8) is 0 Å². The highest BCUT2D eigenvalue weighted by molar-refractivity contribution is 5.80. The lowest BCUT2D eigenvalue weighted by molar-refractivity contribution is 0.304. The number of aromatic nitrogens is 3. The van der Waals surface area contributed by atoms with Crippen LogP contribution in [0.15, 0.2) is 11.3 Å². The molecule has 1 aromatic rings. The summed E-state index contributed by atoms with van der Waals surface area (Å²) in [6, 6.07) is 1.13. The summed E-state index contributed by atoms with van der Waals surface area (Å²) < 4.78 is 2.12. The van der Waals surface area contributed by atoms with E-state index in [0.29, 0.717) is 12.1 Å². The number of nitrogens with zero attached hydrogens (tertiary/aromatic N) is 4. The lowest BCUT2D eigenvalue weighted by atomic mass is 9.86. The molecule has 2 N–H and O–H groups in total. The Kier molecular flexibility index (Phi) is 7.32. The van der Waals surface area contributed by atoms with Crippen molar-refractivity contribution in [2.24, 2.45) is 10.9 Å². The molecule has 6 nitrogen and oxygen atoms in total. The van der Waals surface area contributed by atoms with Crippen LogP contribution >= 0.6 is 0 Å². The first-order chi connectivity index (χ1) is 12.8. The Labute approximate surface area is 158 Å². The quantitative estimate of drug-likeness (QED) is 0.603. The molecule has 2 saturated carbocycles. The molecule has 2 unspecified atom stereocenters. The first-order valence-electron chi connectivity index (χ1n) is 10.7. The molecule has 26 heavy (non-hydrogen) atoms. The van der Waals surface area contributed by atoms with Crippen molar-refractivity contribution in [1.29, 1.82) is 0 Å². The number of rotatable bonds is 6. The normalized spacial score (nSPS) is 25.2. The number of hydrogen-bond donors (Lipinski definition) is 2. The van der Waals surface area contributed by atoms with E-state index in [0.717, 1.165) is 37.2 Å². The second kappa shape index (κ2) is 9.93. The van der Waals surface area contributed by atoms with Crippen LogP contribution < -0.4 is 10.6 Å². The van der Waals surface area contributed by atoms with Gasteiger partial charge < -0.3 is 15.2 Å². The van der Waals surface area contributed by atoms with Crippen LogP contribution in [-0.4, -0.2) is 39.4 Å². The van der Waals surface area contributed by atoms with Gasteiger partial charge in [-0.2, -0.15) is 0 Å². The molecule has 0 aromatic carbocycles. The molecule has 3 rings (SSSR count). The number of guanidine groups is 1. The third-order valence-corrected chi connectivity index (χ3v) is 6.00. The van der Waals surface area contributed by atoms with Gasteiger partial charge >= 0.3 is 0 Å². The fourth-order valence-corrected chi connectivity index (χ4v) is 4.29. The van der Waals surface area contributed by atoms with E-state index in [2.05, 4.69) is 39.2 Å². The maximum Gasteiger partial charge on any atom is 0.191 e. The molecule has 1 aromatic heterocycles. The smallest absolute Gasteiger partial charge is 0.191 e. The van der Waals surface area contributed by atoms with Crippen LogP contribution in [0, 0.1) is 5.92 Å². The van der Waals surface area contributed by atoms with Gasteiger partial charge in [0.25, 0.3) is 0 Å². The van der Waals surface area contributed by atoms with Crippen molar-refractivity contribution in [1.82, 2.24) is 25.4 Å². The summed E-state index contributed by atoms with van der Waals surface area (Å²) in [7, 11) is 0. The number of aliphatic imine (C=N–C) groups is 1. The number of nitrogens with one attached hydrogen (secondary N) is 2. The molecule has 6 heteroatoms. The van der Waals surface area contributed by atoms with Crippen LogP contribution in [0.2, 0.25) is 0 Å². The van der Waals surface area contributed by atoms with E-state index in [4.69, 9.17) is 4.99 Å². The Balaban J connectivity index is 1.60. The molecule has 2 aliphatic rings. The minimum absolute atomic E-state index is 0.555. The van der Waals surface area contributed by atoms with Gasteiger partial charge in [-0.15, -0.1) is 10.2 Å². The monoisotopic (exact) mass is 360 g/mol. The van der Waals surface area contributed by atoms with Crippen molar-refractivity contribution >= 4 is 5.96 Å². The van der Waals surface area contributed by atoms with Gasteiger partial charge in [-0.1, -0.05) is 46.0 Å². The van der Waals surface area contributed by atoms with Crippen molar-refractivity contribution in [3.05, 3.63) is 12.2 Å². The molecule has 0 radical (unpaired) electrons. The minimum Gasteiger partial charge on any atom is -0.354 e. The zero-order valence-electron chi connectivity index (χ0n) is 16.6. The SMILES string of the molecule is CCc1nncn1CCN=C(NC1CCCCC1)NC1CCCCC1C. The topological polar surface area (TPSA) is 67.1 Å². The molecule has 0 amide bonds. The summed E-state index contributed by atoms with van der Waals surface area (Å²) in [6.07, 6.45) is 14.6. The van der Waals surface area contributed by atoms with E-state index in [1.807, 2.05) is 6.33 Å². The van der Waals surface area contributed by atoms with Crippen LogP contribution in [0.4, 0.5) is 0 Å². The van der Waals surface area contributed by atoms with Crippen molar-refractivity contribution < 1.29 is 0 Å². The predicted octanol–water partition coefficient (Wildman–Crippen LogP) is 3.29. The Bertz CT molecular complexity index is 560. The highest BCUT2D eigenvalue weighted by atomic mass is 15.3. The Morgan fingerprint density at radius 3 is 2.65 bits per heavy atom. The summed E-state index contributed by atoms with van der Waals surface area (Å²) in [5, 5.41) is 15.7. The molecule has 2 atom stereocenters. The van der Waals surface area contributed by atoms with Crippen molar-refractivity contribution in [3.8, 4) is 0 Å². The zero-order valence-corrected chi connectivity index (χ0v) is 16.6. The molecule has 2 fully saturated rings. The maximum absolute atomic E-state index is 4.91. The first kappa shape index (κ1) is 19.2. The summed E-state index contributed by atoms with van der Waals surface area (Å²) in [4.78, 5) is 4.91. The highest BCUT2D eigenvalue weighted by Gasteiger charge is 2.23. The minimum atomic E-state index is 0.555. The second-order valence-electron chi connectivity index (χ2n) is 8.02. The average molecular weight is 361 g/mol. The lowest BCUT2D eigenvalue weighted by Gasteiger charge is -2.33. The summed E-state index contributed by atoms with van der Waals surface area (Å²) in [6.45, 7) is 6.09. The number of aryl methyl sites for hydroxylation is 1. The van der Waals surface area contributed by atoms with Crippen LogP contribution in [-0.2, 0) is 13.0 Å². The third kappa shape index (κ3) is 5.45. The van der Waals surface area contributed by atoms with Gasteiger partial charge in [-0.3, -0.25) is 4.99 Å². The largest absolute Gasteiger partial charge is 0.354 e. The Hall–Kier alpha value is -1.59. The van der Waals surface area contributed by atoms with E-state index in [9.17, 15) is 0 Å². The van der Waals surface area contributed by atoms with E-state index in [-0.39, 0.29) is 0 Å². The Morgan fingerprint density at radius 2 is 1.88 bits per heavy atom. The van der Waals surface area contributed by atoms with Gasteiger partial charge in [-0.05, 0) is 31.6 Å². The molecular formula is C20H36N6. The van der Waals surface area contributed by atoms with Gasteiger partial charge in [0.15, 0.2) is 5.96 Å². The third-order valence-electron chi connectivity index (χ3n) is 6.00. The zero-order chi connectivity index (χ0) is 18.2. The van der Waals surface area contributed by atoms with E-state index in [1.54, 1.807) is 0 Å². The summed E-state index contributed by atoms with van der Waals surface area (Å²) >= 11 is 0. The average Bonchev–Trinajstić information content (AvgIpc) is 3.12. The molecule has 2 aliphatic carbocycles. The number of hydrogen-bond acceptors (Lipinski definition) is 3. The lowest BCUT2D eigenvalue weighted by Crippen LogP contribution is -2.50. The van der Waals surface area contributed by atoms with Crippen LogP contribution in [0.25, 0.3) is 0 Å². The molecule has 0 spiro atoms. The Morgan fingerprint density at radius 1 is 1.12 bits per heavy atom. The molecule has 1 heterocycles. The predicted molar refractivity (Wildman–Crippen MR) is 106 cm³/mol. The first-order valence-corrected chi connectivity index (χ1v) is 10.7. The van der Waals surface area contributed by atoms with Crippen molar-refractivity contribution in [2.75, 3.05) is 6.54 Å². The van der Waals surface area contributed by atoms with Crippen LogP contribution in [0.3, 0.4) is 0 Å². The molecule has 0 aliphatic heterocycles. The fourth-order valence-electron chi connectivity index (χ4n) is 4.29.